The maximum absolute atomic E-state index is 11.2. The van der Waals surface area contributed by atoms with Crippen LogP contribution in [0.1, 0.15) is 90.9 Å². The molecule has 30 heavy (non-hydrogen) atoms. The van der Waals surface area contributed by atoms with Crippen LogP contribution in [-0.2, 0) is 9.59 Å². The number of rotatable bonds is 18. The molecule has 0 rings (SSSR count). The number of aliphatic hydroxyl groups excluding tert-OH is 4. The van der Waals surface area contributed by atoms with Gasteiger partial charge in [-0.15, -0.1) is 0 Å². The zero-order valence-electron chi connectivity index (χ0n) is 18.8. The summed E-state index contributed by atoms with van der Waals surface area (Å²) in [6.45, 7) is 2.81. The summed E-state index contributed by atoms with van der Waals surface area (Å²) >= 11 is 0. The zero-order valence-corrected chi connectivity index (χ0v) is 18.8. The lowest BCUT2D eigenvalue weighted by Crippen LogP contribution is -2.21. The number of ketones is 1. The van der Waals surface area contributed by atoms with Crippen LogP contribution < -0.4 is 0 Å². The molecule has 0 aliphatic rings. The van der Waals surface area contributed by atoms with Crippen molar-refractivity contribution < 1.29 is 35.1 Å². The number of hydrogen-bond acceptors (Lipinski definition) is 6. The van der Waals surface area contributed by atoms with Gasteiger partial charge in [-0.1, -0.05) is 64.0 Å². The highest BCUT2D eigenvalue weighted by atomic mass is 16.4. The molecule has 0 fully saturated rings. The second-order valence-electron chi connectivity index (χ2n) is 7.72. The van der Waals surface area contributed by atoms with Crippen molar-refractivity contribution in [3.8, 4) is 0 Å². The molecule has 7 heteroatoms. The van der Waals surface area contributed by atoms with Crippen molar-refractivity contribution in [1.29, 1.82) is 0 Å². The summed E-state index contributed by atoms with van der Waals surface area (Å²) in [5.41, 5.74) is 0. The average Bonchev–Trinajstić information content (AvgIpc) is 2.71. The molecule has 0 aromatic heterocycles. The molecule has 0 radical (unpaired) electrons. The maximum atomic E-state index is 11.2. The number of unbranched alkanes of at least 4 members (excludes halogenated alkanes) is 7. The van der Waals surface area contributed by atoms with E-state index in [1.54, 1.807) is 0 Å². The van der Waals surface area contributed by atoms with Crippen LogP contribution in [0.5, 0.6) is 0 Å². The predicted octanol–water partition coefficient (Wildman–Crippen LogP) is 3.23. The van der Waals surface area contributed by atoms with Gasteiger partial charge in [0.1, 0.15) is 17.8 Å². The van der Waals surface area contributed by atoms with Crippen LogP contribution in [0.25, 0.3) is 0 Å². The van der Waals surface area contributed by atoms with Crippen LogP contribution in [0, 0.1) is 5.92 Å². The van der Waals surface area contributed by atoms with E-state index in [0.717, 1.165) is 51.4 Å². The summed E-state index contributed by atoms with van der Waals surface area (Å²) < 4.78 is 0. The van der Waals surface area contributed by atoms with Gasteiger partial charge in [0.2, 0.25) is 0 Å². The second-order valence-corrected chi connectivity index (χ2v) is 7.72. The Balaban J connectivity index is 0. The molecule has 7 nitrogen and oxygen atoms in total. The number of aliphatic hydroxyl groups is 4. The number of Topliss-reactive ketones (excluding diaryl/α,β-unsaturated/α-hetero) is 1. The molecule has 0 aliphatic heterocycles. The Bertz CT molecular complexity index is 419. The molecule has 2 atom stereocenters. The van der Waals surface area contributed by atoms with Gasteiger partial charge < -0.3 is 25.5 Å². The minimum Gasteiger partial charge on any atom is -0.481 e. The Morgan fingerprint density at radius 3 is 1.87 bits per heavy atom. The lowest BCUT2D eigenvalue weighted by molar-refractivity contribution is -0.146. The molecule has 0 aromatic carbocycles. The monoisotopic (exact) mass is 432 g/mol. The quantitative estimate of drug-likeness (QED) is 0.127. The summed E-state index contributed by atoms with van der Waals surface area (Å²) in [5, 5.41) is 42.8. The third-order valence-electron chi connectivity index (χ3n) is 4.79. The van der Waals surface area contributed by atoms with Crippen LogP contribution in [0.3, 0.4) is 0 Å². The van der Waals surface area contributed by atoms with Gasteiger partial charge in [0.05, 0.1) is 19.3 Å². The molecule has 0 saturated carbocycles. The topological polar surface area (TPSA) is 135 Å². The van der Waals surface area contributed by atoms with E-state index in [4.69, 9.17) is 20.4 Å². The third-order valence-corrected chi connectivity index (χ3v) is 4.79. The SMILES string of the molecule is CCCCCC[C@@H](O)CC=CCCCCCCC(C(C)=O)C(=O)O.OCC(O)CO. The van der Waals surface area contributed by atoms with E-state index in [9.17, 15) is 14.7 Å². The van der Waals surface area contributed by atoms with E-state index >= 15 is 0 Å². The molecule has 0 amide bonds. The lowest BCUT2D eigenvalue weighted by atomic mass is 9.97. The summed E-state index contributed by atoms with van der Waals surface area (Å²) in [6.07, 6.45) is 14.8. The van der Waals surface area contributed by atoms with Crippen molar-refractivity contribution >= 4 is 11.8 Å². The van der Waals surface area contributed by atoms with Crippen molar-refractivity contribution in [3.05, 3.63) is 12.2 Å². The Kier molecular flexibility index (Phi) is 23.1. The van der Waals surface area contributed by atoms with Crippen LogP contribution in [0.2, 0.25) is 0 Å². The Morgan fingerprint density at radius 1 is 0.800 bits per heavy atom. The Labute approximate surface area is 181 Å². The fourth-order valence-electron chi connectivity index (χ4n) is 2.82. The lowest BCUT2D eigenvalue weighted by Gasteiger charge is -2.08. The predicted molar refractivity (Wildman–Crippen MR) is 118 cm³/mol. The molecular formula is C23H44O7. The molecule has 178 valence electrons. The van der Waals surface area contributed by atoms with E-state index in [-0.39, 0.29) is 25.1 Å². The number of hydrogen-bond donors (Lipinski definition) is 5. The van der Waals surface area contributed by atoms with Crippen LogP contribution in [0.4, 0.5) is 0 Å². The molecule has 0 aromatic rings. The van der Waals surface area contributed by atoms with Crippen molar-refractivity contribution in [3.63, 3.8) is 0 Å². The molecule has 5 N–H and O–H groups in total. The molecule has 0 aliphatic carbocycles. The van der Waals surface area contributed by atoms with Crippen LogP contribution >= 0.6 is 0 Å². The van der Waals surface area contributed by atoms with Gasteiger partial charge in [0.15, 0.2) is 0 Å². The first-order valence-electron chi connectivity index (χ1n) is 11.3. The highest BCUT2D eigenvalue weighted by molar-refractivity contribution is 5.96. The Hall–Kier alpha value is -1.28. The Morgan fingerprint density at radius 2 is 1.37 bits per heavy atom. The molecule has 0 bridgehead atoms. The second kappa shape index (κ2) is 22.4. The van der Waals surface area contributed by atoms with Crippen molar-refractivity contribution in [2.75, 3.05) is 13.2 Å². The van der Waals surface area contributed by atoms with E-state index < -0.39 is 18.0 Å². The van der Waals surface area contributed by atoms with Gasteiger partial charge in [-0.3, -0.25) is 9.59 Å². The van der Waals surface area contributed by atoms with Gasteiger partial charge >= 0.3 is 5.97 Å². The maximum Gasteiger partial charge on any atom is 0.314 e. The van der Waals surface area contributed by atoms with E-state index in [0.29, 0.717) is 6.42 Å². The van der Waals surface area contributed by atoms with Crippen LogP contribution in [0.15, 0.2) is 12.2 Å². The van der Waals surface area contributed by atoms with Crippen molar-refractivity contribution in [2.45, 2.75) is 103 Å². The van der Waals surface area contributed by atoms with Gasteiger partial charge in [0.25, 0.3) is 0 Å². The smallest absolute Gasteiger partial charge is 0.314 e. The van der Waals surface area contributed by atoms with Crippen LogP contribution in [-0.4, -0.2) is 62.7 Å². The number of carbonyl (C=O) groups is 2. The highest BCUT2D eigenvalue weighted by Crippen LogP contribution is 2.14. The third kappa shape index (κ3) is 21.4. The number of carboxylic acids is 1. The first-order chi connectivity index (χ1) is 14.3. The molecule has 1 unspecified atom stereocenters. The number of carboxylic acid groups (broad SMARTS) is 1. The first kappa shape index (κ1) is 30.9. The normalized spacial score (nSPS) is 13.2. The summed E-state index contributed by atoms with van der Waals surface area (Å²) in [7, 11) is 0. The van der Waals surface area contributed by atoms with Gasteiger partial charge in [-0.25, -0.2) is 0 Å². The van der Waals surface area contributed by atoms with E-state index in [1.807, 2.05) is 0 Å². The minimum absolute atomic E-state index is 0.211. The minimum atomic E-state index is -1.00. The fourth-order valence-corrected chi connectivity index (χ4v) is 2.82. The largest absolute Gasteiger partial charge is 0.481 e. The highest BCUT2D eigenvalue weighted by Gasteiger charge is 2.21. The summed E-state index contributed by atoms with van der Waals surface area (Å²) in [6, 6.07) is 0. The molecule has 0 heterocycles. The number of allylic oxidation sites excluding steroid dienone is 1. The van der Waals surface area contributed by atoms with Gasteiger partial charge in [-0.05, 0) is 39.0 Å². The molecule has 0 saturated heterocycles. The average molecular weight is 433 g/mol. The van der Waals surface area contributed by atoms with Gasteiger partial charge in [-0.2, -0.15) is 0 Å². The zero-order chi connectivity index (χ0) is 23.2. The molecular weight excluding hydrogens is 388 g/mol. The number of aliphatic carboxylic acids is 1. The standard InChI is InChI=1S/C20H36O4.C3H8O3/c1-3-4-5-11-14-18(22)15-12-9-7-6-8-10-13-16-19(17(2)21)20(23)24;4-1-3(6)2-5/h9,12,18-19,22H,3-8,10-11,13-16H2,1-2H3,(H,23,24);3-6H,1-2H2/t18-,19?;/m1./s1. The number of carbonyl (C=O) groups excluding carboxylic acids is 1. The van der Waals surface area contributed by atoms with Crippen molar-refractivity contribution in [2.24, 2.45) is 5.92 Å². The van der Waals surface area contributed by atoms with E-state index in [1.165, 1.54) is 26.2 Å². The first-order valence-corrected chi connectivity index (χ1v) is 11.3. The van der Waals surface area contributed by atoms with Gasteiger partial charge in [0, 0.05) is 0 Å². The summed E-state index contributed by atoms with van der Waals surface area (Å²) in [5.74, 6) is -2.08. The fraction of sp³-hybridized carbons (Fsp3) is 0.826. The van der Waals surface area contributed by atoms with E-state index in [2.05, 4.69) is 19.1 Å². The molecule has 0 spiro atoms. The van der Waals surface area contributed by atoms with Crippen molar-refractivity contribution in [1.82, 2.24) is 0 Å². The summed E-state index contributed by atoms with van der Waals surface area (Å²) in [4.78, 5) is 22.0.